The Bertz CT molecular complexity index is 513. The molecule has 1 fully saturated rings. The standard InChI is InChI=1S/C16H22ClN3O2/c1-20(14-8-10-18-11-14)15(21)3-2-9-19-16(22)12-4-6-13(17)7-5-12/h4-7,14,18H,2-3,8-11H2,1H3,(H,19,22). The van der Waals surface area contributed by atoms with E-state index in [0.29, 0.717) is 36.0 Å². The van der Waals surface area contributed by atoms with E-state index in [0.717, 1.165) is 19.5 Å². The molecule has 2 rings (SSSR count). The van der Waals surface area contributed by atoms with Crippen molar-refractivity contribution in [2.75, 3.05) is 26.7 Å². The zero-order chi connectivity index (χ0) is 15.9. The predicted octanol–water partition coefficient (Wildman–Crippen LogP) is 1.67. The van der Waals surface area contributed by atoms with E-state index in [1.807, 2.05) is 11.9 Å². The highest BCUT2D eigenvalue weighted by Crippen LogP contribution is 2.10. The Hall–Kier alpha value is -1.59. The normalized spacial score (nSPS) is 17.3. The summed E-state index contributed by atoms with van der Waals surface area (Å²) < 4.78 is 0. The zero-order valence-corrected chi connectivity index (χ0v) is 13.5. The molecule has 22 heavy (non-hydrogen) atoms. The van der Waals surface area contributed by atoms with E-state index in [1.165, 1.54) is 0 Å². The van der Waals surface area contributed by atoms with Gasteiger partial charge in [-0.3, -0.25) is 9.59 Å². The van der Waals surface area contributed by atoms with Crippen LogP contribution in [0.25, 0.3) is 0 Å². The van der Waals surface area contributed by atoms with Crippen molar-refractivity contribution in [2.45, 2.75) is 25.3 Å². The molecule has 1 atom stereocenters. The molecule has 5 nitrogen and oxygen atoms in total. The van der Waals surface area contributed by atoms with Gasteiger partial charge in [0.05, 0.1) is 0 Å². The number of rotatable bonds is 6. The number of carbonyl (C=O) groups is 2. The number of nitrogens with zero attached hydrogens (tertiary/aromatic N) is 1. The van der Waals surface area contributed by atoms with Crippen LogP contribution in [-0.4, -0.2) is 49.4 Å². The van der Waals surface area contributed by atoms with Crippen LogP contribution < -0.4 is 10.6 Å². The monoisotopic (exact) mass is 323 g/mol. The fourth-order valence-corrected chi connectivity index (χ4v) is 2.62. The molecule has 2 N–H and O–H groups in total. The molecular weight excluding hydrogens is 302 g/mol. The Labute approximate surface area is 136 Å². The first-order chi connectivity index (χ1) is 10.6. The van der Waals surface area contributed by atoms with Crippen molar-refractivity contribution in [3.05, 3.63) is 34.9 Å². The van der Waals surface area contributed by atoms with Gasteiger partial charge in [-0.25, -0.2) is 0 Å². The first-order valence-corrected chi connectivity index (χ1v) is 7.96. The summed E-state index contributed by atoms with van der Waals surface area (Å²) in [6.45, 7) is 2.33. The third-order valence-corrected chi connectivity index (χ3v) is 4.19. The molecule has 0 radical (unpaired) electrons. The summed E-state index contributed by atoms with van der Waals surface area (Å²) in [5.41, 5.74) is 0.574. The Morgan fingerprint density at radius 2 is 2.09 bits per heavy atom. The van der Waals surface area contributed by atoms with Gasteiger partial charge in [0.1, 0.15) is 0 Å². The fourth-order valence-electron chi connectivity index (χ4n) is 2.49. The lowest BCUT2D eigenvalue weighted by molar-refractivity contribution is -0.131. The second-order valence-electron chi connectivity index (χ2n) is 5.52. The number of hydrogen-bond donors (Lipinski definition) is 2. The molecule has 1 aliphatic rings. The highest BCUT2D eigenvalue weighted by molar-refractivity contribution is 6.30. The summed E-state index contributed by atoms with van der Waals surface area (Å²) in [6.07, 6.45) is 2.10. The molecule has 2 amide bonds. The van der Waals surface area contributed by atoms with Crippen LogP contribution in [0.1, 0.15) is 29.6 Å². The lowest BCUT2D eigenvalue weighted by Gasteiger charge is -2.23. The summed E-state index contributed by atoms with van der Waals surface area (Å²) >= 11 is 5.78. The van der Waals surface area contributed by atoms with E-state index in [9.17, 15) is 9.59 Å². The van der Waals surface area contributed by atoms with E-state index in [-0.39, 0.29) is 11.8 Å². The Balaban J connectivity index is 1.67. The van der Waals surface area contributed by atoms with E-state index in [1.54, 1.807) is 24.3 Å². The molecule has 0 aromatic heterocycles. The van der Waals surface area contributed by atoms with Gasteiger partial charge in [0.15, 0.2) is 0 Å². The smallest absolute Gasteiger partial charge is 0.251 e. The first-order valence-electron chi connectivity index (χ1n) is 7.58. The van der Waals surface area contributed by atoms with Gasteiger partial charge in [0.25, 0.3) is 5.91 Å². The van der Waals surface area contributed by atoms with Crippen molar-refractivity contribution in [1.29, 1.82) is 0 Å². The van der Waals surface area contributed by atoms with Crippen LogP contribution in [0.5, 0.6) is 0 Å². The van der Waals surface area contributed by atoms with Gasteiger partial charge in [0, 0.05) is 43.2 Å². The predicted molar refractivity (Wildman–Crippen MR) is 87.1 cm³/mol. The van der Waals surface area contributed by atoms with Gasteiger partial charge in [-0.2, -0.15) is 0 Å². The Morgan fingerprint density at radius 1 is 1.36 bits per heavy atom. The quantitative estimate of drug-likeness (QED) is 0.783. The number of amides is 2. The highest BCUT2D eigenvalue weighted by atomic mass is 35.5. The SMILES string of the molecule is CN(C(=O)CCCNC(=O)c1ccc(Cl)cc1)C1CCNC1. The number of halogens is 1. The minimum absolute atomic E-state index is 0.134. The average Bonchev–Trinajstić information content (AvgIpc) is 3.05. The molecule has 6 heteroatoms. The van der Waals surface area contributed by atoms with Crippen molar-refractivity contribution >= 4 is 23.4 Å². The van der Waals surface area contributed by atoms with Crippen LogP contribution in [0.3, 0.4) is 0 Å². The molecule has 0 spiro atoms. The Morgan fingerprint density at radius 3 is 2.73 bits per heavy atom. The first kappa shape index (κ1) is 16.8. The van der Waals surface area contributed by atoms with Gasteiger partial charge < -0.3 is 15.5 Å². The van der Waals surface area contributed by atoms with Crippen molar-refractivity contribution in [3.63, 3.8) is 0 Å². The maximum absolute atomic E-state index is 12.1. The molecule has 0 bridgehead atoms. The van der Waals surface area contributed by atoms with Gasteiger partial charge in [-0.1, -0.05) is 11.6 Å². The van der Waals surface area contributed by atoms with E-state index >= 15 is 0 Å². The van der Waals surface area contributed by atoms with Crippen LogP contribution in [0.2, 0.25) is 5.02 Å². The van der Waals surface area contributed by atoms with Gasteiger partial charge in [-0.15, -0.1) is 0 Å². The maximum Gasteiger partial charge on any atom is 0.251 e. The number of nitrogens with one attached hydrogen (secondary N) is 2. The third kappa shape index (κ3) is 4.71. The molecule has 1 aliphatic heterocycles. The number of hydrogen-bond acceptors (Lipinski definition) is 3. The molecule has 1 aromatic carbocycles. The van der Waals surface area contributed by atoms with Gasteiger partial charge in [-0.05, 0) is 43.7 Å². The maximum atomic E-state index is 12.1. The number of benzene rings is 1. The third-order valence-electron chi connectivity index (χ3n) is 3.93. The van der Waals surface area contributed by atoms with E-state index in [4.69, 9.17) is 11.6 Å². The zero-order valence-electron chi connectivity index (χ0n) is 12.8. The number of likely N-dealkylation sites (N-methyl/N-ethyl adjacent to an activating group) is 1. The fraction of sp³-hybridized carbons (Fsp3) is 0.500. The number of carbonyl (C=O) groups excluding carboxylic acids is 2. The average molecular weight is 324 g/mol. The molecule has 120 valence electrons. The van der Waals surface area contributed by atoms with Crippen LogP contribution in [0.4, 0.5) is 0 Å². The minimum Gasteiger partial charge on any atom is -0.352 e. The molecule has 1 saturated heterocycles. The molecule has 0 saturated carbocycles. The van der Waals surface area contributed by atoms with E-state index < -0.39 is 0 Å². The van der Waals surface area contributed by atoms with Gasteiger partial charge >= 0.3 is 0 Å². The van der Waals surface area contributed by atoms with Crippen LogP contribution in [0, 0.1) is 0 Å². The van der Waals surface area contributed by atoms with E-state index in [2.05, 4.69) is 10.6 Å². The summed E-state index contributed by atoms with van der Waals surface area (Å²) in [4.78, 5) is 25.8. The van der Waals surface area contributed by atoms with Crippen molar-refractivity contribution in [2.24, 2.45) is 0 Å². The van der Waals surface area contributed by atoms with Crippen molar-refractivity contribution in [1.82, 2.24) is 15.5 Å². The molecule has 1 heterocycles. The summed E-state index contributed by atoms with van der Waals surface area (Å²) in [5, 5.41) is 6.67. The second-order valence-corrected chi connectivity index (χ2v) is 5.95. The topological polar surface area (TPSA) is 61.4 Å². The molecule has 1 aromatic rings. The second kappa shape index (κ2) is 8.15. The van der Waals surface area contributed by atoms with Crippen LogP contribution in [0.15, 0.2) is 24.3 Å². The van der Waals surface area contributed by atoms with Crippen LogP contribution >= 0.6 is 11.6 Å². The summed E-state index contributed by atoms with van der Waals surface area (Å²) in [5.74, 6) is -0.00750. The summed E-state index contributed by atoms with van der Waals surface area (Å²) in [7, 11) is 1.85. The largest absolute Gasteiger partial charge is 0.352 e. The minimum atomic E-state index is -0.141. The molecule has 0 aliphatic carbocycles. The molecular formula is C16H22ClN3O2. The van der Waals surface area contributed by atoms with Crippen molar-refractivity contribution < 1.29 is 9.59 Å². The lowest BCUT2D eigenvalue weighted by atomic mass is 10.2. The van der Waals surface area contributed by atoms with Gasteiger partial charge in [0.2, 0.25) is 5.91 Å². The van der Waals surface area contributed by atoms with Crippen LogP contribution in [-0.2, 0) is 4.79 Å². The highest BCUT2D eigenvalue weighted by Gasteiger charge is 2.22. The summed E-state index contributed by atoms with van der Waals surface area (Å²) in [6, 6.07) is 7.04. The van der Waals surface area contributed by atoms with Crippen molar-refractivity contribution in [3.8, 4) is 0 Å². The molecule has 1 unspecified atom stereocenters. The Kier molecular flexibility index (Phi) is 6.21. The lowest BCUT2D eigenvalue weighted by Crippen LogP contribution is -2.38.